The molecule has 1 aliphatic heterocycles. The summed E-state index contributed by atoms with van der Waals surface area (Å²) in [7, 11) is 2.18. The predicted molar refractivity (Wildman–Crippen MR) is 101 cm³/mol. The van der Waals surface area contributed by atoms with E-state index in [2.05, 4.69) is 42.3 Å². The summed E-state index contributed by atoms with van der Waals surface area (Å²) in [6.07, 6.45) is 1.26. The molecule has 1 aliphatic rings. The fraction of sp³-hybridized carbons (Fsp3) is 0.333. The number of likely N-dealkylation sites (tertiary alicyclic amines) is 1. The van der Waals surface area contributed by atoms with E-state index in [0.29, 0.717) is 5.92 Å². The summed E-state index contributed by atoms with van der Waals surface area (Å²) in [5.41, 5.74) is 7.85. The number of nitrogen functional groups attached to an aromatic ring is 1. The van der Waals surface area contributed by atoms with Crippen molar-refractivity contribution >= 4 is 30.5 Å². The Balaban J connectivity index is 0.00000132. The van der Waals surface area contributed by atoms with Gasteiger partial charge in [-0.1, -0.05) is 30.3 Å². The summed E-state index contributed by atoms with van der Waals surface area (Å²) < 4.78 is 6.24. The van der Waals surface area contributed by atoms with E-state index in [0.717, 1.165) is 30.9 Å². The molecule has 0 spiro atoms. The van der Waals surface area contributed by atoms with E-state index in [-0.39, 0.29) is 30.9 Å². The number of halogens is 2. The zero-order valence-corrected chi connectivity index (χ0v) is 14.9. The van der Waals surface area contributed by atoms with Crippen LogP contribution in [0.5, 0.6) is 5.75 Å². The van der Waals surface area contributed by atoms with E-state index in [4.69, 9.17) is 10.5 Å². The molecule has 1 fully saturated rings. The molecular formula is C18H24Cl2N2O. The van der Waals surface area contributed by atoms with E-state index in [1.807, 2.05) is 24.3 Å². The average Bonchev–Trinajstić information content (AvgIpc) is 2.52. The van der Waals surface area contributed by atoms with Crippen molar-refractivity contribution < 1.29 is 4.74 Å². The second kappa shape index (κ2) is 9.02. The van der Waals surface area contributed by atoms with E-state index in [9.17, 15) is 0 Å². The van der Waals surface area contributed by atoms with Crippen molar-refractivity contribution in [2.75, 3.05) is 25.9 Å². The number of hydrogen-bond donors (Lipinski definition) is 1. The number of nitrogens with two attached hydrogens (primary N) is 1. The lowest BCUT2D eigenvalue weighted by Gasteiger charge is -2.37. The smallest absolute Gasteiger partial charge is 0.119 e. The van der Waals surface area contributed by atoms with E-state index < -0.39 is 0 Å². The van der Waals surface area contributed by atoms with Gasteiger partial charge in [-0.2, -0.15) is 0 Å². The Morgan fingerprint density at radius 2 is 1.65 bits per heavy atom. The van der Waals surface area contributed by atoms with Gasteiger partial charge in [-0.25, -0.2) is 0 Å². The molecule has 0 aromatic heterocycles. The van der Waals surface area contributed by atoms with Crippen LogP contribution in [0.3, 0.4) is 0 Å². The Hall–Kier alpha value is -1.42. The van der Waals surface area contributed by atoms with Crippen molar-refractivity contribution in [3.63, 3.8) is 0 Å². The largest absolute Gasteiger partial charge is 0.490 e. The summed E-state index contributed by atoms with van der Waals surface area (Å²) >= 11 is 0. The van der Waals surface area contributed by atoms with Crippen LogP contribution in [0.15, 0.2) is 54.6 Å². The van der Waals surface area contributed by atoms with Gasteiger partial charge in [0.2, 0.25) is 0 Å². The van der Waals surface area contributed by atoms with Crippen LogP contribution in [0.1, 0.15) is 17.9 Å². The van der Waals surface area contributed by atoms with Gasteiger partial charge in [-0.3, -0.25) is 0 Å². The van der Waals surface area contributed by atoms with Crippen molar-refractivity contribution in [3.8, 4) is 5.75 Å². The fourth-order valence-electron chi connectivity index (χ4n) is 2.98. The highest BCUT2D eigenvalue weighted by atomic mass is 35.5. The van der Waals surface area contributed by atoms with Crippen LogP contribution in [0.4, 0.5) is 5.69 Å². The molecule has 2 unspecified atom stereocenters. The minimum Gasteiger partial charge on any atom is -0.490 e. The first kappa shape index (κ1) is 19.6. The first-order chi connectivity index (χ1) is 10.2. The molecule has 5 heteroatoms. The minimum absolute atomic E-state index is 0. The third-order valence-corrected chi connectivity index (χ3v) is 4.15. The van der Waals surface area contributed by atoms with Crippen LogP contribution in [0, 0.1) is 0 Å². The maximum absolute atomic E-state index is 6.24. The number of anilines is 1. The quantitative estimate of drug-likeness (QED) is 0.847. The highest BCUT2D eigenvalue weighted by Crippen LogP contribution is 2.30. The Labute approximate surface area is 150 Å². The summed E-state index contributed by atoms with van der Waals surface area (Å²) in [5.74, 6) is 1.31. The molecule has 23 heavy (non-hydrogen) atoms. The number of ether oxygens (including phenoxy) is 1. The average molecular weight is 355 g/mol. The number of piperidine rings is 1. The molecule has 0 radical (unpaired) electrons. The molecule has 0 saturated carbocycles. The van der Waals surface area contributed by atoms with Gasteiger partial charge in [0.05, 0.1) is 0 Å². The van der Waals surface area contributed by atoms with Crippen LogP contribution >= 0.6 is 24.8 Å². The van der Waals surface area contributed by atoms with Crippen LogP contribution in [0.2, 0.25) is 0 Å². The molecule has 1 heterocycles. The van der Waals surface area contributed by atoms with Gasteiger partial charge in [-0.05, 0) is 43.3 Å². The normalized spacial score (nSPS) is 20.9. The highest BCUT2D eigenvalue weighted by Gasteiger charge is 2.30. The van der Waals surface area contributed by atoms with Gasteiger partial charge < -0.3 is 15.4 Å². The van der Waals surface area contributed by atoms with Crippen LogP contribution < -0.4 is 10.5 Å². The molecule has 1 saturated heterocycles. The van der Waals surface area contributed by atoms with E-state index in [1.54, 1.807) is 0 Å². The van der Waals surface area contributed by atoms with E-state index >= 15 is 0 Å². The zero-order chi connectivity index (χ0) is 14.7. The molecular weight excluding hydrogens is 331 g/mol. The third-order valence-electron chi connectivity index (χ3n) is 4.15. The number of likely N-dealkylation sites (N-methyl/N-ethyl adjacent to an activating group) is 1. The lowest BCUT2D eigenvalue weighted by molar-refractivity contribution is 0.0902. The van der Waals surface area contributed by atoms with Crippen molar-refractivity contribution in [3.05, 3.63) is 60.2 Å². The number of rotatable bonds is 3. The maximum Gasteiger partial charge on any atom is 0.119 e. The molecule has 0 aliphatic carbocycles. The number of hydrogen-bond acceptors (Lipinski definition) is 3. The Morgan fingerprint density at radius 1 is 1.00 bits per heavy atom. The monoisotopic (exact) mass is 354 g/mol. The van der Waals surface area contributed by atoms with Crippen molar-refractivity contribution in [1.29, 1.82) is 0 Å². The molecule has 2 N–H and O–H groups in total. The molecule has 3 rings (SSSR count). The van der Waals surface area contributed by atoms with Crippen LogP contribution in [-0.2, 0) is 0 Å². The van der Waals surface area contributed by atoms with E-state index in [1.165, 1.54) is 5.56 Å². The topological polar surface area (TPSA) is 38.5 Å². The van der Waals surface area contributed by atoms with Crippen LogP contribution in [0.25, 0.3) is 0 Å². The van der Waals surface area contributed by atoms with Crippen molar-refractivity contribution in [2.45, 2.75) is 18.4 Å². The minimum atomic E-state index is 0. The molecule has 0 amide bonds. The standard InChI is InChI=1S/C18H22N2O.2ClH/c1-20-12-11-18(21-16-9-7-15(19)8-10-16)17(13-20)14-5-3-2-4-6-14;;/h2-10,17-18H,11-13,19H2,1H3;2*1H. The van der Waals surface area contributed by atoms with Crippen molar-refractivity contribution in [1.82, 2.24) is 4.90 Å². The summed E-state index contributed by atoms with van der Waals surface area (Å²) in [6, 6.07) is 18.3. The first-order valence-corrected chi connectivity index (χ1v) is 7.48. The molecule has 2 aromatic rings. The van der Waals surface area contributed by atoms with Crippen LogP contribution in [-0.4, -0.2) is 31.1 Å². The number of benzene rings is 2. The second-order valence-corrected chi connectivity index (χ2v) is 5.79. The Bertz CT molecular complexity index is 577. The summed E-state index contributed by atoms with van der Waals surface area (Å²) in [4.78, 5) is 2.38. The van der Waals surface area contributed by atoms with Crippen molar-refractivity contribution in [2.24, 2.45) is 0 Å². The number of nitrogens with zero attached hydrogens (tertiary/aromatic N) is 1. The van der Waals surface area contributed by atoms with Gasteiger partial charge in [-0.15, -0.1) is 24.8 Å². The van der Waals surface area contributed by atoms with Gasteiger partial charge in [0.15, 0.2) is 0 Å². The second-order valence-electron chi connectivity index (χ2n) is 5.79. The first-order valence-electron chi connectivity index (χ1n) is 7.48. The molecule has 2 atom stereocenters. The van der Waals surface area contributed by atoms with Gasteiger partial charge in [0.1, 0.15) is 11.9 Å². The van der Waals surface area contributed by atoms with Gasteiger partial charge in [0, 0.05) is 24.7 Å². The Morgan fingerprint density at radius 3 is 2.30 bits per heavy atom. The molecule has 0 bridgehead atoms. The SMILES string of the molecule is CN1CCC(Oc2ccc(N)cc2)C(c2ccccc2)C1.Cl.Cl. The molecule has 126 valence electrons. The summed E-state index contributed by atoms with van der Waals surface area (Å²) in [6.45, 7) is 2.10. The summed E-state index contributed by atoms with van der Waals surface area (Å²) in [5, 5.41) is 0. The lowest BCUT2D eigenvalue weighted by atomic mass is 9.88. The predicted octanol–water partition coefficient (Wildman–Crippen LogP) is 3.98. The third kappa shape index (κ3) is 5.03. The van der Waals surface area contributed by atoms with Gasteiger partial charge in [0.25, 0.3) is 0 Å². The Kier molecular flexibility index (Phi) is 7.69. The fourth-order valence-corrected chi connectivity index (χ4v) is 2.98. The van der Waals surface area contributed by atoms with Gasteiger partial charge >= 0.3 is 0 Å². The maximum atomic E-state index is 6.24. The molecule has 3 nitrogen and oxygen atoms in total. The lowest BCUT2D eigenvalue weighted by Crippen LogP contribution is -2.42. The highest BCUT2D eigenvalue weighted by molar-refractivity contribution is 5.85. The molecule has 2 aromatic carbocycles. The zero-order valence-electron chi connectivity index (χ0n) is 13.2.